The Morgan fingerprint density at radius 2 is 2.03 bits per heavy atom. The molecule has 0 atom stereocenters. The molecule has 0 radical (unpaired) electrons. The highest BCUT2D eigenvalue weighted by molar-refractivity contribution is 7.18. The Hall–Kier alpha value is -4.02. The summed E-state index contributed by atoms with van der Waals surface area (Å²) in [5.74, 6) is 1.16. The summed E-state index contributed by atoms with van der Waals surface area (Å²) in [7, 11) is 0. The smallest absolute Gasteiger partial charge is 0.255 e. The number of aromatic nitrogens is 5. The van der Waals surface area contributed by atoms with Crippen molar-refractivity contribution in [3.8, 4) is 17.1 Å². The van der Waals surface area contributed by atoms with E-state index in [0.29, 0.717) is 56.3 Å². The van der Waals surface area contributed by atoms with Crippen molar-refractivity contribution in [2.24, 2.45) is 0 Å². The van der Waals surface area contributed by atoms with Crippen LogP contribution in [0, 0.1) is 6.92 Å². The zero-order valence-electron chi connectivity index (χ0n) is 19.1. The van der Waals surface area contributed by atoms with E-state index < -0.39 is 0 Å². The number of benzene rings is 1. The normalized spacial score (nSPS) is 11.1. The highest BCUT2D eigenvalue weighted by Crippen LogP contribution is 2.27. The Labute approximate surface area is 214 Å². The molecule has 4 heterocycles. The van der Waals surface area contributed by atoms with Crippen LogP contribution in [0.2, 0.25) is 4.34 Å². The van der Waals surface area contributed by atoms with Gasteiger partial charge in [0.15, 0.2) is 5.78 Å². The highest BCUT2D eigenvalue weighted by Gasteiger charge is 2.15. The van der Waals surface area contributed by atoms with E-state index in [9.17, 15) is 9.59 Å². The Morgan fingerprint density at radius 1 is 1.14 bits per heavy atom. The van der Waals surface area contributed by atoms with Crippen LogP contribution >= 0.6 is 22.9 Å². The molecule has 0 bridgehead atoms. The molecule has 0 saturated carbocycles. The third-order valence-corrected chi connectivity index (χ3v) is 6.61. The SMILES string of the molecule is Cc1cc(COc2cc(-n3ccccc3=O)ccc2-n2cc(CCC(=O)c3ccc(Cl)s3)nn2)no1. The summed E-state index contributed by atoms with van der Waals surface area (Å²) >= 11 is 7.20. The van der Waals surface area contributed by atoms with E-state index in [0.717, 1.165) is 0 Å². The van der Waals surface area contributed by atoms with Crippen molar-refractivity contribution < 1.29 is 14.1 Å². The monoisotopic (exact) mass is 521 g/mol. The second kappa shape index (κ2) is 10.3. The number of carbonyl (C=O) groups is 1. The van der Waals surface area contributed by atoms with Crippen LogP contribution < -0.4 is 10.3 Å². The quantitative estimate of drug-likeness (QED) is 0.256. The molecule has 0 unspecified atom stereocenters. The van der Waals surface area contributed by atoms with Crippen molar-refractivity contribution >= 4 is 28.7 Å². The number of aryl methyl sites for hydroxylation is 2. The average Bonchev–Trinajstić information content (AvgIpc) is 3.63. The van der Waals surface area contributed by atoms with Gasteiger partial charge < -0.3 is 9.26 Å². The van der Waals surface area contributed by atoms with Crippen molar-refractivity contribution in [2.75, 3.05) is 0 Å². The van der Waals surface area contributed by atoms with Gasteiger partial charge in [0.1, 0.15) is 29.5 Å². The lowest BCUT2D eigenvalue weighted by Crippen LogP contribution is -2.16. The highest BCUT2D eigenvalue weighted by atomic mass is 35.5. The van der Waals surface area contributed by atoms with Gasteiger partial charge >= 0.3 is 0 Å². The molecule has 0 aliphatic rings. The van der Waals surface area contributed by atoms with Crippen molar-refractivity contribution in [3.05, 3.63) is 104 Å². The molecule has 11 heteroatoms. The van der Waals surface area contributed by atoms with E-state index in [1.54, 1.807) is 72.5 Å². The number of ether oxygens (including phenoxy) is 1. The zero-order chi connectivity index (χ0) is 25.1. The van der Waals surface area contributed by atoms with Crippen molar-refractivity contribution in [3.63, 3.8) is 0 Å². The number of hydrogen-bond acceptors (Lipinski definition) is 8. The van der Waals surface area contributed by atoms with Crippen molar-refractivity contribution in [1.29, 1.82) is 0 Å². The maximum Gasteiger partial charge on any atom is 0.255 e. The minimum Gasteiger partial charge on any atom is -0.485 e. The largest absolute Gasteiger partial charge is 0.485 e. The summed E-state index contributed by atoms with van der Waals surface area (Å²) in [6, 6.07) is 15.5. The molecule has 0 amide bonds. The minimum absolute atomic E-state index is 0.00559. The molecule has 5 aromatic rings. The van der Waals surface area contributed by atoms with Crippen LogP contribution in [-0.4, -0.2) is 30.5 Å². The molecule has 0 saturated heterocycles. The van der Waals surface area contributed by atoms with Gasteiger partial charge in [-0.15, -0.1) is 16.4 Å². The van der Waals surface area contributed by atoms with Gasteiger partial charge in [0.25, 0.3) is 5.56 Å². The minimum atomic E-state index is -0.164. The number of carbonyl (C=O) groups excluding carboxylic acids is 1. The molecular weight excluding hydrogens is 502 g/mol. The molecule has 0 aliphatic heterocycles. The van der Waals surface area contributed by atoms with E-state index in [1.165, 1.54) is 22.0 Å². The van der Waals surface area contributed by atoms with Gasteiger partial charge in [0.05, 0.1) is 26.8 Å². The van der Waals surface area contributed by atoms with Crippen LogP contribution in [0.5, 0.6) is 5.75 Å². The van der Waals surface area contributed by atoms with E-state index in [1.807, 2.05) is 0 Å². The lowest BCUT2D eigenvalue weighted by molar-refractivity contribution is 0.0986. The van der Waals surface area contributed by atoms with Gasteiger partial charge in [-0.2, -0.15) is 0 Å². The fraction of sp³-hybridized carbons (Fsp3) is 0.160. The van der Waals surface area contributed by atoms with E-state index in [-0.39, 0.29) is 17.9 Å². The fourth-order valence-corrected chi connectivity index (χ4v) is 4.61. The van der Waals surface area contributed by atoms with Crippen LogP contribution in [0.15, 0.2) is 76.3 Å². The lowest BCUT2D eigenvalue weighted by Gasteiger charge is -2.13. The third-order valence-electron chi connectivity index (χ3n) is 5.34. The van der Waals surface area contributed by atoms with E-state index >= 15 is 0 Å². The predicted molar refractivity (Wildman–Crippen MR) is 135 cm³/mol. The average molecular weight is 522 g/mol. The van der Waals surface area contributed by atoms with E-state index in [4.69, 9.17) is 20.9 Å². The zero-order valence-corrected chi connectivity index (χ0v) is 20.7. The molecule has 9 nitrogen and oxygen atoms in total. The number of thiophene rings is 1. The summed E-state index contributed by atoms with van der Waals surface area (Å²) in [4.78, 5) is 25.4. The Bertz CT molecular complexity index is 1580. The summed E-state index contributed by atoms with van der Waals surface area (Å²) in [5, 5.41) is 12.4. The Morgan fingerprint density at radius 3 is 2.78 bits per heavy atom. The number of pyridine rings is 1. The van der Waals surface area contributed by atoms with Gasteiger partial charge in [-0.25, -0.2) is 4.68 Å². The molecular formula is C25H20ClN5O4S. The first-order valence-electron chi connectivity index (χ1n) is 11.0. The number of hydrogen-bond donors (Lipinski definition) is 0. The number of Topliss-reactive ketones (excluding diaryl/α,β-unsaturated/α-hetero) is 1. The second-order valence-corrected chi connectivity index (χ2v) is 9.67. The van der Waals surface area contributed by atoms with Crippen LogP contribution in [0.25, 0.3) is 11.4 Å². The molecule has 4 aromatic heterocycles. The fourth-order valence-electron chi connectivity index (χ4n) is 3.60. The summed E-state index contributed by atoms with van der Waals surface area (Å²) in [6.45, 7) is 1.97. The third kappa shape index (κ3) is 5.29. The molecule has 0 spiro atoms. The summed E-state index contributed by atoms with van der Waals surface area (Å²) in [6.07, 6.45) is 4.17. The van der Waals surface area contributed by atoms with Crippen LogP contribution in [0.3, 0.4) is 0 Å². The number of ketones is 1. The molecule has 0 fully saturated rings. The topological polar surface area (TPSA) is 105 Å². The molecule has 0 N–H and O–H groups in total. The van der Waals surface area contributed by atoms with Gasteiger partial charge in [0, 0.05) is 37.2 Å². The molecule has 0 aliphatic carbocycles. The van der Waals surface area contributed by atoms with Crippen LogP contribution in [-0.2, 0) is 13.0 Å². The Kier molecular flexibility index (Phi) is 6.79. The first kappa shape index (κ1) is 23.7. The predicted octanol–water partition coefficient (Wildman–Crippen LogP) is 4.82. The van der Waals surface area contributed by atoms with Gasteiger partial charge in [0.2, 0.25) is 0 Å². The summed E-state index contributed by atoms with van der Waals surface area (Å²) < 4.78 is 14.9. The van der Waals surface area contributed by atoms with Crippen LogP contribution in [0.1, 0.15) is 33.2 Å². The molecule has 5 rings (SSSR count). The standard InChI is InChI=1S/C25H20ClN5O4S/c1-16-12-18(28-35-16)15-34-22-13-19(30-11-3-2-4-25(30)33)6-7-20(22)31-14-17(27-29-31)5-8-21(32)23-9-10-24(26)36-23/h2-4,6-7,9-14H,5,8,15H2,1H3. The van der Waals surface area contributed by atoms with Crippen molar-refractivity contribution in [2.45, 2.75) is 26.4 Å². The van der Waals surface area contributed by atoms with Gasteiger partial charge in [-0.3, -0.25) is 14.2 Å². The van der Waals surface area contributed by atoms with Gasteiger partial charge in [-0.05, 0) is 37.3 Å². The number of halogens is 1. The van der Waals surface area contributed by atoms with E-state index in [2.05, 4.69) is 15.5 Å². The van der Waals surface area contributed by atoms with Crippen molar-refractivity contribution in [1.82, 2.24) is 24.7 Å². The lowest BCUT2D eigenvalue weighted by atomic mass is 10.1. The summed E-state index contributed by atoms with van der Waals surface area (Å²) in [5.41, 5.74) is 2.39. The Balaban J connectivity index is 1.40. The van der Waals surface area contributed by atoms with Crippen LogP contribution in [0.4, 0.5) is 0 Å². The number of rotatable bonds is 9. The maximum absolute atomic E-state index is 12.4. The molecule has 182 valence electrons. The first-order valence-corrected chi connectivity index (χ1v) is 12.2. The molecule has 1 aromatic carbocycles. The first-order chi connectivity index (χ1) is 17.5. The maximum atomic E-state index is 12.4. The second-order valence-electron chi connectivity index (χ2n) is 7.96. The number of nitrogens with zero attached hydrogens (tertiary/aromatic N) is 5. The molecule has 36 heavy (non-hydrogen) atoms. The van der Waals surface area contributed by atoms with Gasteiger partial charge in [-0.1, -0.05) is 28.0 Å².